The molecule has 3 aromatic rings. The van der Waals surface area contributed by atoms with Gasteiger partial charge < -0.3 is 9.80 Å². The number of rotatable bonds is 6. The third kappa shape index (κ3) is 5.10. The molecule has 0 aliphatic carbocycles. The largest absolute Gasteiger partial charge is 0.339 e. The van der Waals surface area contributed by atoms with Gasteiger partial charge in [0, 0.05) is 39.3 Å². The van der Waals surface area contributed by atoms with Gasteiger partial charge in [0.05, 0.1) is 29.3 Å². The third-order valence-electron chi connectivity index (χ3n) is 8.86. The topological polar surface area (TPSA) is 114 Å². The predicted octanol–water partition coefficient (Wildman–Crippen LogP) is 2.02. The monoisotopic (exact) mass is 547 g/mol. The summed E-state index contributed by atoms with van der Waals surface area (Å²) >= 11 is 0. The normalized spacial score (nSPS) is 21.2. The predicted molar refractivity (Wildman–Crippen MR) is 149 cm³/mol. The van der Waals surface area contributed by atoms with Crippen LogP contribution in [0.3, 0.4) is 0 Å². The highest BCUT2D eigenvalue weighted by atomic mass is 16.2. The number of imidazole rings is 1. The lowest BCUT2D eigenvalue weighted by atomic mass is 9.89. The van der Waals surface area contributed by atoms with Crippen LogP contribution in [0.1, 0.15) is 72.8 Å². The van der Waals surface area contributed by atoms with E-state index in [0.717, 1.165) is 50.1 Å². The zero-order valence-electron chi connectivity index (χ0n) is 23.1. The van der Waals surface area contributed by atoms with Crippen LogP contribution in [0.5, 0.6) is 0 Å². The van der Waals surface area contributed by atoms with Crippen LogP contribution >= 0.6 is 0 Å². The van der Waals surface area contributed by atoms with E-state index in [9.17, 15) is 19.2 Å². The Morgan fingerprint density at radius 3 is 2.50 bits per heavy atom. The molecule has 2 aromatic heterocycles. The summed E-state index contributed by atoms with van der Waals surface area (Å²) in [7, 11) is 1.71. The molecule has 5 heterocycles. The fourth-order valence-electron chi connectivity index (χ4n) is 6.49. The number of carbonyl (C=O) groups is 3. The Kier molecular flexibility index (Phi) is 7.31. The van der Waals surface area contributed by atoms with Crippen LogP contribution < -0.4 is 11.0 Å². The van der Waals surface area contributed by atoms with Gasteiger partial charge in [0.1, 0.15) is 6.04 Å². The number of hydrogen-bond donors (Lipinski definition) is 1. The number of carbonyl (C=O) groups excluding carboxylic acids is 3. The first-order valence-electron chi connectivity index (χ1n) is 14.5. The van der Waals surface area contributed by atoms with Gasteiger partial charge in [-0.25, -0.2) is 4.79 Å². The first kappa shape index (κ1) is 26.5. The highest BCUT2D eigenvalue weighted by Gasteiger charge is 2.32. The summed E-state index contributed by atoms with van der Waals surface area (Å²) in [6, 6.07) is 5.28. The van der Waals surface area contributed by atoms with E-state index in [1.54, 1.807) is 17.8 Å². The van der Waals surface area contributed by atoms with Gasteiger partial charge in [0.2, 0.25) is 11.8 Å². The molecule has 3 aliphatic rings. The standard InChI is InChI=1S/C29H37N7O4/c1-32-25-17-21(5-6-23(25)36(29(32)40)24-7-8-26(37)31-27(24)38)20-9-13-34(14-10-20)28(39)22-18-30-35(19-22)16-15-33-11-3-2-4-12-33/h5-6,17-20,24H,2-4,7-16H2,1H3,(H,31,37,38). The Morgan fingerprint density at radius 1 is 0.975 bits per heavy atom. The van der Waals surface area contributed by atoms with Gasteiger partial charge in [-0.15, -0.1) is 0 Å². The van der Waals surface area contributed by atoms with E-state index in [4.69, 9.17) is 0 Å². The molecule has 11 heteroatoms. The fourth-order valence-corrected chi connectivity index (χ4v) is 6.49. The summed E-state index contributed by atoms with van der Waals surface area (Å²) in [5, 5.41) is 6.79. The molecule has 212 valence electrons. The minimum absolute atomic E-state index is 0.0295. The number of piperidine rings is 3. The van der Waals surface area contributed by atoms with E-state index in [1.807, 2.05) is 34.0 Å². The Labute approximate surface area is 232 Å². The van der Waals surface area contributed by atoms with E-state index in [0.29, 0.717) is 30.6 Å². The van der Waals surface area contributed by atoms with Crippen LogP contribution in [0.25, 0.3) is 11.0 Å². The summed E-state index contributed by atoms with van der Waals surface area (Å²) in [6.07, 6.45) is 9.61. The summed E-state index contributed by atoms with van der Waals surface area (Å²) in [4.78, 5) is 54.7. The molecular formula is C29H37N7O4. The van der Waals surface area contributed by atoms with Crippen molar-refractivity contribution in [2.45, 2.75) is 63.5 Å². The van der Waals surface area contributed by atoms with Crippen LogP contribution in [0.2, 0.25) is 0 Å². The number of imide groups is 1. The van der Waals surface area contributed by atoms with Crippen molar-refractivity contribution in [1.82, 2.24) is 34.0 Å². The number of fused-ring (bicyclic) bond motifs is 1. The molecule has 1 atom stereocenters. The average Bonchev–Trinajstić information content (AvgIpc) is 3.55. The minimum atomic E-state index is -0.692. The van der Waals surface area contributed by atoms with E-state index in [-0.39, 0.29) is 29.8 Å². The minimum Gasteiger partial charge on any atom is -0.339 e. The maximum atomic E-state index is 13.2. The summed E-state index contributed by atoms with van der Waals surface area (Å²) < 4.78 is 4.97. The van der Waals surface area contributed by atoms with Gasteiger partial charge in [-0.1, -0.05) is 12.5 Å². The lowest BCUT2D eigenvalue weighted by Gasteiger charge is -2.32. The molecule has 0 bridgehead atoms. The van der Waals surface area contributed by atoms with Gasteiger partial charge in [-0.3, -0.25) is 33.5 Å². The molecule has 1 unspecified atom stereocenters. The van der Waals surface area contributed by atoms with Crippen molar-refractivity contribution in [3.8, 4) is 0 Å². The summed E-state index contributed by atoms with van der Waals surface area (Å²) in [5.74, 6) is -0.431. The zero-order valence-corrected chi connectivity index (χ0v) is 23.1. The first-order valence-corrected chi connectivity index (χ1v) is 14.5. The quantitative estimate of drug-likeness (QED) is 0.473. The van der Waals surface area contributed by atoms with Gasteiger partial charge >= 0.3 is 5.69 Å². The molecule has 40 heavy (non-hydrogen) atoms. The van der Waals surface area contributed by atoms with Crippen molar-refractivity contribution < 1.29 is 14.4 Å². The fraction of sp³-hybridized carbons (Fsp3) is 0.552. The summed E-state index contributed by atoms with van der Waals surface area (Å²) in [6.45, 7) is 5.39. The third-order valence-corrected chi connectivity index (χ3v) is 8.86. The highest BCUT2D eigenvalue weighted by Crippen LogP contribution is 2.32. The molecule has 11 nitrogen and oxygen atoms in total. The molecular weight excluding hydrogens is 510 g/mol. The van der Waals surface area contributed by atoms with Crippen LogP contribution in [0, 0.1) is 0 Å². The number of aromatic nitrogens is 4. The van der Waals surface area contributed by atoms with E-state index < -0.39 is 11.9 Å². The average molecular weight is 548 g/mol. The zero-order chi connectivity index (χ0) is 27.8. The summed E-state index contributed by atoms with van der Waals surface area (Å²) in [5.41, 5.74) is 2.96. The van der Waals surface area contributed by atoms with Crippen molar-refractivity contribution in [1.29, 1.82) is 0 Å². The van der Waals surface area contributed by atoms with Gasteiger partial charge in [0.15, 0.2) is 0 Å². The van der Waals surface area contributed by atoms with Crippen molar-refractivity contribution >= 4 is 28.8 Å². The number of aryl methyl sites for hydroxylation is 1. The Balaban J connectivity index is 1.10. The van der Waals surface area contributed by atoms with Gasteiger partial charge in [0.25, 0.3) is 5.91 Å². The molecule has 1 N–H and O–H groups in total. The van der Waals surface area contributed by atoms with Gasteiger partial charge in [-0.2, -0.15) is 5.10 Å². The lowest BCUT2D eigenvalue weighted by Crippen LogP contribution is -2.44. The second-order valence-electron chi connectivity index (χ2n) is 11.4. The maximum Gasteiger partial charge on any atom is 0.329 e. The van der Waals surface area contributed by atoms with Gasteiger partial charge in [-0.05, 0) is 68.8 Å². The Hall–Kier alpha value is -3.73. The first-order chi connectivity index (χ1) is 19.4. The van der Waals surface area contributed by atoms with E-state index in [1.165, 1.54) is 23.8 Å². The highest BCUT2D eigenvalue weighted by molar-refractivity contribution is 6.00. The van der Waals surface area contributed by atoms with Crippen LogP contribution in [-0.2, 0) is 23.2 Å². The number of amides is 3. The second-order valence-corrected chi connectivity index (χ2v) is 11.4. The van der Waals surface area contributed by atoms with Crippen molar-refractivity contribution in [3.63, 3.8) is 0 Å². The Bertz CT molecular complexity index is 1490. The molecule has 0 spiro atoms. The molecule has 6 rings (SSSR count). The van der Waals surface area contributed by atoms with Crippen molar-refractivity contribution in [2.75, 3.05) is 32.7 Å². The number of hydrogen-bond acceptors (Lipinski definition) is 6. The molecule has 3 saturated heterocycles. The van der Waals surface area contributed by atoms with Crippen LogP contribution in [-0.4, -0.2) is 79.2 Å². The smallest absolute Gasteiger partial charge is 0.329 e. The van der Waals surface area contributed by atoms with E-state index in [2.05, 4.69) is 15.3 Å². The van der Waals surface area contributed by atoms with Crippen molar-refractivity contribution in [2.24, 2.45) is 7.05 Å². The molecule has 3 amide bonds. The lowest BCUT2D eigenvalue weighted by molar-refractivity contribution is -0.135. The van der Waals surface area contributed by atoms with Crippen molar-refractivity contribution in [3.05, 3.63) is 52.2 Å². The number of benzene rings is 1. The van der Waals surface area contributed by atoms with E-state index >= 15 is 0 Å². The number of nitrogens with zero attached hydrogens (tertiary/aromatic N) is 6. The number of likely N-dealkylation sites (tertiary alicyclic amines) is 2. The molecule has 0 saturated carbocycles. The maximum absolute atomic E-state index is 13.2. The Morgan fingerprint density at radius 2 is 1.75 bits per heavy atom. The molecule has 0 radical (unpaired) electrons. The molecule has 1 aromatic carbocycles. The van der Waals surface area contributed by atoms with Crippen LogP contribution in [0.4, 0.5) is 0 Å². The second kappa shape index (κ2) is 11.0. The molecule has 3 aliphatic heterocycles. The SMILES string of the molecule is Cn1c(=O)n(C2CCC(=O)NC2=O)c2ccc(C3CCN(C(=O)c4cnn(CCN5CCCCC5)c4)CC3)cc21. The molecule has 3 fully saturated rings. The van der Waals surface area contributed by atoms with Crippen LogP contribution in [0.15, 0.2) is 35.4 Å². The number of nitrogens with one attached hydrogen (secondary N) is 1.